The average molecular weight is 423 g/mol. The van der Waals surface area contributed by atoms with Crippen molar-refractivity contribution < 1.29 is 9.18 Å². The first kappa shape index (κ1) is 20.5. The number of para-hydroxylation sites is 1. The van der Waals surface area contributed by atoms with E-state index < -0.39 is 5.69 Å². The van der Waals surface area contributed by atoms with Crippen LogP contribution < -0.4 is 16.6 Å². The quantitative estimate of drug-likeness (QED) is 0.513. The third-order valence-corrected chi connectivity index (χ3v) is 4.94. The molecule has 0 saturated carbocycles. The molecular formula is C22H22FN5O3. The third kappa shape index (κ3) is 3.98. The van der Waals surface area contributed by atoms with Crippen LogP contribution in [0.5, 0.6) is 0 Å². The average Bonchev–Trinajstić information content (AvgIpc) is 3.05. The molecule has 0 bridgehead atoms. The van der Waals surface area contributed by atoms with Crippen LogP contribution in [0.3, 0.4) is 0 Å². The molecule has 0 aliphatic rings. The smallest absolute Gasteiger partial charge is 0.352 e. The number of rotatable bonds is 6. The first-order valence-electron chi connectivity index (χ1n) is 10.00. The minimum absolute atomic E-state index is 0.0154. The summed E-state index contributed by atoms with van der Waals surface area (Å²) < 4.78 is 17.2. The first-order chi connectivity index (χ1) is 14.8. The van der Waals surface area contributed by atoms with Gasteiger partial charge in [-0.25, -0.2) is 18.3 Å². The van der Waals surface area contributed by atoms with Crippen LogP contribution in [-0.2, 0) is 17.9 Å². The van der Waals surface area contributed by atoms with Crippen LogP contribution in [0, 0.1) is 5.82 Å². The highest BCUT2D eigenvalue weighted by molar-refractivity contribution is 5.80. The van der Waals surface area contributed by atoms with Crippen molar-refractivity contribution in [1.82, 2.24) is 24.1 Å². The summed E-state index contributed by atoms with van der Waals surface area (Å²) in [4.78, 5) is 38.4. The molecule has 2 heterocycles. The van der Waals surface area contributed by atoms with E-state index in [9.17, 15) is 18.8 Å². The van der Waals surface area contributed by atoms with E-state index in [1.165, 1.54) is 25.8 Å². The zero-order valence-corrected chi connectivity index (χ0v) is 17.2. The molecule has 9 heteroatoms. The Hall–Kier alpha value is -3.75. The second kappa shape index (κ2) is 8.17. The normalized spacial score (nSPS) is 11.5. The molecule has 4 aromatic rings. The van der Waals surface area contributed by atoms with E-state index in [0.717, 1.165) is 0 Å². The summed E-state index contributed by atoms with van der Waals surface area (Å²) in [5, 5.41) is 7.54. The Morgan fingerprint density at radius 2 is 1.81 bits per heavy atom. The Balaban J connectivity index is 1.84. The summed E-state index contributed by atoms with van der Waals surface area (Å²) in [7, 11) is 0. The molecule has 2 aromatic heterocycles. The lowest BCUT2D eigenvalue weighted by Gasteiger charge is -2.11. The molecule has 0 aliphatic carbocycles. The second-order valence-corrected chi connectivity index (χ2v) is 7.65. The number of aromatic nitrogens is 4. The Labute approximate surface area is 176 Å². The summed E-state index contributed by atoms with van der Waals surface area (Å²) >= 11 is 0. The molecule has 0 radical (unpaired) electrons. The van der Waals surface area contributed by atoms with Crippen LogP contribution in [0.2, 0.25) is 0 Å². The van der Waals surface area contributed by atoms with Gasteiger partial charge in [-0.2, -0.15) is 0 Å². The number of hydrogen-bond acceptors (Lipinski definition) is 4. The third-order valence-electron chi connectivity index (χ3n) is 4.94. The lowest BCUT2D eigenvalue weighted by molar-refractivity contribution is -0.121. The van der Waals surface area contributed by atoms with Gasteiger partial charge < -0.3 is 5.32 Å². The number of benzene rings is 2. The first-order valence-corrected chi connectivity index (χ1v) is 10.00. The number of hydrogen-bond donors (Lipinski definition) is 1. The standard InChI is InChI=1S/C22H22FN5O3/c1-14(2)24-19(29)11-12-26-20(30)17-5-3-4-6-18(17)28-21(26)25-27(22(28)31)13-15-7-9-16(23)10-8-15/h3-10,14H,11-13H2,1-2H3,(H,24,29). The molecule has 0 atom stereocenters. The maximum atomic E-state index is 13.2. The fraction of sp³-hybridized carbons (Fsp3) is 0.273. The van der Waals surface area contributed by atoms with Crippen molar-refractivity contribution >= 4 is 22.6 Å². The number of fused-ring (bicyclic) bond motifs is 3. The number of nitrogens with zero attached hydrogens (tertiary/aromatic N) is 4. The van der Waals surface area contributed by atoms with Gasteiger partial charge in [-0.1, -0.05) is 24.3 Å². The predicted octanol–water partition coefficient (Wildman–Crippen LogP) is 1.91. The Morgan fingerprint density at radius 3 is 2.52 bits per heavy atom. The molecule has 0 fully saturated rings. The summed E-state index contributed by atoms with van der Waals surface area (Å²) in [6.45, 7) is 3.92. The van der Waals surface area contributed by atoms with Crippen LogP contribution >= 0.6 is 0 Å². The van der Waals surface area contributed by atoms with Gasteiger partial charge in [-0.3, -0.25) is 14.2 Å². The largest absolute Gasteiger partial charge is 0.354 e. The van der Waals surface area contributed by atoms with Gasteiger partial charge in [0.05, 0.1) is 17.4 Å². The highest BCUT2D eigenvalue weighted by atomic mass is 19.1. The van der Waals surface area contributed by atoms with E-state index in [2.05, 4.69) is 10.4 Å². The van der Waals surface area contributed by atoms with E-state index in [4.69, 9.17) is 0 Å². The van der Waals surface area contributed by atoms with Crippen LogP contribution in [0.15, 0.2) is 58.1 Å². The number of carbonyl (C=O) groups is 1. The van der Waals surface area contributed by atoms with Gasteiger partial charge in [0.15, 0.2) is 0 Å². The van der Waals surface area contributed by atoms with E-state index >= 15 is 0 Å². The molecule has 1 amide bonds. The molecular weight excluding hydrogens is 401 g/mol. The Kier molecular flexibility index (Phi) is 5.41. The van der Waals surface area contributed by atoms with E-state index in [-0.39, 0.29) is 48.6 Å². The van der Waals surface area contributed by atoms with Crippen molar-refractivity contribution in [3.63, 3.8) is 0 Å². The Bertz CT molecular complexity index is 1380. The van der Waals surface area contributed by atoms with Gasteiger partial charge in [-0.15, -0.1) is 5.10 Å². The van der Waals surface area contributed by atoms with Gasteiger partial charge in [0.2, 0.25) is 11.7 Å². The fourth-order valence-electron chi connectivity index (χ4n) is 3.54. The van der Waals surface area contributed by atoms with Crippen molar-refractivity contribution in [2.45, 2.75) is 39.4 Å². The van der Waals surface area contributed by atoms with Gasteiger partial charge in [0.1, 0.15) is 5.82 Å². The van der Waals surface area contributed by atoms with E-state index in [1.54, 1.807) is 36.4 Å². The number of aryl methyl sites for hydroxylation is 1. The molecule has 2 aromatic carbocycles. The minimum atomic E-state index is -0.420. The zero-order valence-electron chi connectivity index (χ0n) is 17.2. The highest BCUT2D eigenvalue weighted by Gasteiger charge is 2.18. The highest BCUT2D eigenvalue weighted by Crippen LogP contribution is 2.12. The minimum Gasteiger partial charge on any atom is -0.354 e. The molecule has 31 heavy (non-hydrogen) atoms. The molecule has 0 aliphatic heterocycles. The van der Waals surface area contributed by atoms with Crippen molar-refractivity contribution in [3.05, 3.63) is 80.7 Å². The number of halogens is 1. The van der Waals surface area contributed by atoms with Crippen LogP contribution in [-0.4, -0.2) is 30.7 Å². The topological polar surface area (TPSA) is 90.4 Å². The van der Waals surface area contributed by atoms with Gasteiger partial charge in [-0.05, 0) is 43.7 Å². The van der Waals surface area contributed by atoms with Crippen LogP contribution in [0.25, 0.3) is 16.7 Å². The summed E-state index contributed by atoms with van der Waals surface area (Å²) in [5.41, 5.74) is 0.400. The lowest BCUT2D eigenvalue weighted by atomic mass is 10.2. The molecule has 0 spiro atoms. The molecule has 8 nitrogen and oxygen atoms in total. The van der Waals surface area contributed by atoms with Gasteiger partial charge >= 0.3 is 5.69 Å². The number of carbonyl (C=O) groups excluding carboxylic acids is 1. The van der Waals surface area contributed by atoms with Crippen molar-refractivity contribution in [2.24, 2.45) is 0 Å². The lowest BCUT2D eigenvalue weighted by Crippen LogP contribution is -2.32. The van der Waals surface area contributed by atoms with E-state index in [0.29, 0.717) is 16.5 Å². The van der Waals surface area contributed by atoms with Crippen molar-refractivity contribution in [3.8, 4) is 0 Å². The molecule has 4 rings (SSSR count). The molecule has 1 N–H and O–H groups in total. The van der Waals surface area contributed by atoms with Crippen molar-refractivity contribution in [1.29, 1.82) is 0 Å². The Morgan fingerprint density at radius 1 is 1.10 bits per heavy atom. The predicted molar refractivity (Wildman–Crippen MR) is 115 cm³/mol. The van der Waals surface area contributed by atoms with Crippen LogP contribution in [0.4, 0.5) is 4.39 Å². The van der Waals surface area contributed by atoms with Crippen molar-refractivity contribution in [2.75, 3.05) is 0 Å². The summed E-state index contributed by atoms with van der Waals surface area (Å²) in [6.07, 6.45) is 0.0745. The maximum absolute atomic E-state index is 13.2. The fourth-order valence-corrected chi connectivity index (χ4v) is 3.54. The summed E-state index contributed by atoms with van der Waals surface area (Å²) in [5.74, 6) is -0.403. The maximum Gasteiger partial charge on any atom is 0.352 e. The molecule has 0 unspecified atom stereocenters. The number of amides is 1. The molecule has 160 valence electrons. The second-order valence-electron chi connectivity index (χ2n) is 7.65. The summed E-state index contributed by atoms with van der Waals surface area (Å²) in [6, 6.07) is 12.6. The van der Waals surface area contributed by atoms with Gasteiger partial charge in [0, 0.05) is 19.0 Å². The van der Waals surface area contributed by atoms with Crippen LogP contribution in [0.1, 0.15) is 25.8 Å². The SMILES string of the molecule is CC(C)NC(=O)CCn1c(=O)c2ccccc2n2c(=O)n(Cc3ccc(F)cc3)nc12. The molecule has 0 saturated heterocycles. The van der Waals surface area contributed by atoms with E-state index in [1.807, 2.05) is 13.8 Å². The monoisotopic (exact) mass is 423 g/mol. The zero-order chi connectivity index (χ0) is 22.1. The van der Waals surface area contributed by atoms with Gasteiger partial charge in [0.25, 0.3) is 5.56 Å². The number of nitrogens with one attached hydrogen (secondary N) is 1.